The molecule has 0 atom stereocenters. The molecule has 1 N–H and O–H groups in total. The lowest BCUT2D eigenvalue weighted by molar-refractivity contribution is -0.137. The maximum atomic E-state index is 12.4. The molecule has 0 aliphatic rings. The topological polar surface area (TPSA) is 23.5 Å². The van der Waals surface area contributed by atoms with Gasteiger partial charge >= 0.3 is 6.18 Å². The number of rotatable bonds is 5. The maximum Gasteiger partial charge on any atom is 0.416 e. The number of anilines is 1. The van der Waals surface area contributed by atoms with E-state index in [0.29, 0.717) is 13.0 Å². The van der Waals surface area contributed by atoms with Crippen molar-refractivity contribution >= 4 is 5.69 Å². The Kier molecular flexibility index (Phi) is 5.02. The number of hydrogen-bond acceptors (Lipinski definition) is 2. The predicted octanol–water partition coefficient (Wildman–Crippen LogP) is 3.30. The Balaban J connectivity index is 2.87. The van der Waals surface area contributed by atoms with Crippen LogP contribution in [0, 0.1) is 0 Å². The number of aliphatic hydroxyl groups is 1. The van der Waals surface area contributed by atoms with Gasteiger partial charge in [0.15, 0.2) is 0 Å². The lowest BCUT2D eigenvalue weighted by Crippen LogP contribution is -2.32. The van der Waals surface area contributed by atoms with Crippen molar-refractivity contribution in [3.05, 3.63) is 29.8 Å². The molecule has 0 saturated carbocycles. The lowest BCUT2D eigenvalue weighted by Gasteiger charge is -2.29. The molecule has 0 fully saturated rings. The Morgan fingerprint density at radius 1 is 1.17 bits per heavy atom. The third-order valence-electron chi connectivity index (χ3n) is 2.71. The highest BCUT2D eigenvalue weighted by atomic mass is 19.4. The summed E-state index contributed by atoms with van der Waals surface area (Å²) in [6.07, 6.45) is -3.70. The van der Waals surface area contributed by atoms with Gasteiger partial charge in [0.05, 0.1) is 5.56 Å². The normalized spacial score (nSPS) is 11.9. The molecule has 1 aromatic carbocycles. The second-order valence-electron chi connectivity index (χ2n) is 4.41. The quantitative estimate of drug-likeness (QED) is 0.879. The van der Waals surface area contributed by atoms with E-state index in [-0.39, 0.29) is 12.6 Å². The Bertz CT molecular complexity index is 359. The van der Waals surface area contributed by atoms with Gasteiger partial charge in [0, 0.05) is 24.9 Å². The second kappa shape index (κ2) is 6.09. The van der Waals surface area contributed by atoms with E-state index in [1.807, 2.05) is 18.7 Å². The molecule has 18 heavy (non-hydrogen) atoms. The highest BCUT2D eigenvalue weighted by Crippen LogP contribution is 2.30. The van der Waals surface area contributed by atoms with E-state index in [2.05, 4.69) is 0 Å². The van der Waals surface area contributed by atoms with Crippen molar-refractivity contribution < 1.29 is 18.3 Å². The number of alkyl halides is 3. The molecule has 0 bridgehead atoms. The zero-order valence-corrected chi connectivity index (χ0v) is 10.5. The number of hydrogen-bond donors (Lipinski definition) is 1. The van der Waals surface area contributed by atoms with Crippen LogP contribution in [0.2, 0.25) is 0 Å². The fourth-order valence-corrected chi connectivity index (χ4v) is 1.77. The molecule has 5 heteroatoms. The van der Waals surface area contributed by atoms with E-state index >= 15 is 0 Å². The van der Waals surface area contributed by atoms with Crippen LogP contribution >= 0.6 is 0 Å². The largest absolute Gasteiger partial charge is 0.416 e. The summed E-state index contributed by atoms with van der Waals surface area (Å²) < 4.78 is 37.3. The van der Waals surface area contributed by atoms with Crippen LogP contribution in [0.25, 0.3) is 0 Å². The SMILES string of the molecule is CC(C)N(CCCO)c1ccc(C(F)(F)F)cc1. The zero-order valence-electron chi connectivity index (χ0n) is 10.5. The molecule has 0 aliphatic heterocycles. The van der Waals surface area contributed by atoms with E-state index < -0.39 is 11.7 Å². The molecule has 1 aromatic rings. The van der Waals surface area contributed by atoms with Gasteiger partial charge in [0.1, 0.15) is 0 Å². The molecule has 0 spiro atoms. The van der Waals surface area contributed by atoms with Crippen molar-refractivity contribution in [1.29, 1.82) is 0 Å². The van der Waals surface area contributed by atoms with Gasteiger partial charge in [-0.1, -0.05) is 0 Å². The molecule has 1 rings (SSSR count). The minimum Gasteiger partial charge on any atom is -0.396 e. The van der Waals surface area contributed by atoms with Crippen LogP contribution in [-0.2, 0) is 6.18 Å². The third kappa shape index (κ3) is 3.91. The lowest BCUT2D eigenvalue weighted by atomic mass is 10.1. The highest BCUT2D eigenvalue weighted by Gasteiger charge is 2.30. The van der Waals surface area contributed by atoms with Crippen molar-refractivity contribution in [1.82, 2.24) is 0 Å². The van der Waals surface area contributed by atoms with Crippen LogP contribution in [-0.4, -0.2) is 24.3 Å². The molecule has 0 aliphatic carbocycles. The number of aliphatic hydroxyl groups excluding tert-OH is 1. The van der Waals surface area contributed by atoms with E-state index in [1.54, 1.807) is 0 Å². The van der Waals surface area contributed by atoms with Crippen molar-refractivity contribution in [3.63, 3.8) is 0 Å². The van der Waals surface area contributed by atoms with E-state index in [0.717, 1.165) is 17.8 Å². The summed E-state index contributed by atoms with van der Waals surface area (Å²) in [7, 11) is 0. The van der Waals surface area contributed by atoms with Gasteiger partial charge in [-0.25, -0.2) is 0 Å². The average Bonchev–Trinajstić information content (AvgIpc) is 2.28. The van der Waals surface area contributed by atoms with Gasteiger partial charge in [-0.3, -0.25) is 0 Å². The van der Waals surface area contributed by atoms with E-state index in [4.69, 9.17) is 5.11 Å². The Labute approximate surface area is 105 Å². The third-order valence-corrected chi connectivity index (χ3v) is 2.71. The average molecular weight is 261 g/mol. The Hall–Kier alpha value is -1.23. The second-order valence-corrected chi connectivity index (χ2v) is 4.41. The van der Waals surface area contributed by atoms with Crippen LogP contribution < -0.4 is 4.90 Å². The fraction of sp³-hybridized carbons (Fsp3) is 0.538. The van der Waals surface area contributed by atoms with Crippen molar-refractivity contribution in [2.75, 3.05) is 18.1 Å². The summed E-state index contributed by atoms with van der Waals surface area (Å²) in [6.45, 7) is 4.63. The first kappa shape index (κ1) is 14.8. The van der Waals surface area contributed by atoms with Gasteiger partial charge in [-0.15, -0.1) is 0 Å². The van der Waals surface area contributed by atoms with Crippen LogP contribution in [0.5, 0.6) is 0 Å². The molecule has 0 heterocycles. The number of nitrogens with zero attached hydrogens (tertiary/aromatic N) is 1. The molecule has 0 saturated heterocycles. The van der Waals surface area contributed by atoms with E-state index in [9.17, 15) is 13.2 Å². The fourth-order valence-electron chi connectivity index (χ4n) is 1.77. The summed E-state index contributed by atoms with van der Waals surface area (Å²) in [4.78, 5) is 1.97. The predicted molar refractivity (Wildman–Crippen MR) is 65.6 cm³/mol. The highest BCUT2D eigenvalue weighted by molar-refractivity contribution is 5.48. The first-order chi connectivity index (χ1) is 8.36. The smallest absolute Gasteiger partial charge is 0.396 e. The molecule has 0 unspecified atom stereocenters. The van der Waals surface area contributed by atoms with Crippen LogP contribution in [0.3, 0.4) is 0 Å². The van der Waals surface area contributed by atoms with Gasteiger partial charge in [0.25, 0.3) is 0 Å². The summed E-state index contributed by atoms with van der Waals surface area (Å²) >= 11 is 0. The number of halogens is 3. The molecule has 0 radical (unpaired) electrons. The molecule has 0 amide bonds. The first-order valence-corrected chi connectivity index (χ1v) is 5.91. The van der Waals surface area contributed by atoms with Crippen LogP contribution in [0.1, 0.15) is 25.8 Å². The maximum absolute atomic E-state index is 12.4. The minimum atomic E-state index is -4.30. The minimum absolute atomic E-state index is 0.0733. The van der Waals surface area contributed by atoms with Crippen molar-refractivity contribution in [2.24, 2.45) is 0 Å². The Morgan fingerprint density at radius 3 is 2.11 bits per heavy atom. The Morgan fingerprint density at radius 2 is 1.72 bits per heavy atom. The van der Waals surface area contributed by atoms with Crippen LogP contribution in [0.4, 0.5) is 18.9 Å². The zero-order chi connectivity index (χ0) is 13.8. The van der Waals surface area contributed by atoms with Gasteiger partial charge < -0.3 is 10.0 Å². The van der Waals surface area contributed by atoms with Crippen molar-refractivity contribution in [2.45, 2.75) is 32.5 Å². The summed E-state index contributed by atoms with van der Waals surface area (Å²) in [5.41, 5.74) is 0.101. The summed E-state index contributed by atoms with van der Waals surface area (Å²) in [6, 6.07) is 5.29. The van der Waals surface area contributed by atoms with Crippen LogP contribution in [0.15, 0.2) is 24.3 Å². The molecular weight excluding hydrogens is 243 g/mol. The monoisotopic (exact) mass is 261 g/mol. The van der Waals surface area contributed by atoms with E-state index in [1.165, 1.54) is 12.1 Å². The summed E-state index contributed by atoms with van der Waals surface area (Å²) in [5, 5.41) is 8.82. The molecule has 2 nitrogen and oxygen atoms in total. The molecular formula is C13H18F3NO. The molecule has 0 aromatic heterocycles. The standard InChI is InChI=1S/C13H18F3NO/c1-10(2)17(8-3-9-18)12-6-4-11(5-7-12)13(14,15)16/h4-7,10,18H,3,8-9H2,1-2H3. The van der Waals surface area contributed by atoms with Gasteiger partial charge in [0.2, 0.25) is 0 Å². The molecule has 102 valence electrons. The van der Waals surface area contributed by atoms with Gasteiger partial charge in [-0.2, -0.15) is 13.2 Å². The number of benzene rings is 1. The van der Waals surface area contributed by atoms with Gasteiger partial charge in [-0.05, 0) is 44.5 Å². The van der Waals surface area contributed by atoms with Crippen molar-refractivity contribution in [3.8, 4) is 0 Å². The summed E-state index contributed by atoms with van der Waals surface area (Å²) in [5.74, 6) is 0. The first-order valence-electron chi connectivity index (χ1n) is 5.91.